The lowest BCUT2D eigenvalue weighted by Gasteiger charge is -2.25. The Morgan fingerprint density at radius 3 is 2.62 bits per heavy atom. The zero-order valence-corrected chi connectivity index (χ0v) is 13.5. The molecular formula is C14H24N4O2S. The summed E-state index contributed by atoms with van der Waals surface area (Å²) >= 11 is 0. The van der Waals surface area contributed by atoms with Gasteiger partial charge in [0.1, 0.15) is 4.90 Å². The van der Waals surface area contributed by atoms with Crippen LogP contribution in [-0.4, -0.2) is 30.2 Å². The molecular weight excluding hydrogens is 288 g/mol. The Morgan fingerprint density at radius 1 is 1.33 bits per heavy atom. The summed E-state index contributed by atoms with van der Waals surface area (Å²) in [6, 6.07) is 0.526. The summed E-state index contributed by atoms with van der Waals surface area (Å²) in [5, 5.41) is 10.3. The third-order valence-corrected chi connectivity index (χ3v) is 6.29. The van der Waals surface area contributed by atoms with E-state index in [9.17, 15) is 8.42 Å². The first kappa shape index (κ1) is 15.0. The van der Waals surface area contributed by atoms with E-state index in [1.165, 1.54) is 12.8 Å². The number of aromatic nitrogens is 2. The molecule has 1 heterocycles. The molecule has 2 aliphatic rings. The summed E-state index contributed by atoms with van der Waals surface area (Å²) < 4.78 is 28.4. The van der Waals surface area contributed by atoms with Crippen LogP contribution in [0.3, 0.4) is 0 Å². The van der Waals surface area contributed by atoms with Crippen molar-refractivity contribution in [1.82, 2.24) is 20.2 Å². The SMILES string of the molecule is Cc1[nH]nc(CNC2CC2)c1S(=O)(=O)NC1(C)CCCC1. The van der Waals surface area contributed by atoms with Gasteiger partial charge in [-0.05, 0) is 39.5 Å². The number of nitrogens with one attached hydrogen (secondary N) is 3. The highest BCUT2D eigenvalue weighted by molar-refractivity contribution is 7.89. The summed E-state index contributed by atoms with van der Waals surface area (Å²) in [6.07, 6.45) is 6.31. The van der Waals surface area contributed by atoms with E-state index in [0.29, 0.717) is 28.9 Å². The molecule has 0 saturated heterocycles. The van der Waals surface area contributed by atoms with Crippen molar-refractivity contribution in [3.63, 3.8) is 0 Å². The second-order valence-corrected chi connectivity index (χ2v) is 8.27. The van der Waals surface area contributed by atoms with E-state index in [4.69, 9.17) is 0 Å². The Kier molecular flexibility index (Phi) is 3.83. The Hall–Kier alpha value is -0.920. The maximum absolute atomic E-state index is 12.8. The van der Waals surface area contributed by atoms with Crippen LogP contribution in [0.15, 0.2) is 4.90 Å². The lowest BCUT2D eigenvalue weighted by molar-refractivity contribution is 0.427. The molecule has 2 fully saturated rings. The lowest BCUT2D eigenvalue weighted by atomic mass is 10.0. The van der Waals surface area contributed by atoms with Crippen molar-refractivity contribution < 1.29 is 8.42 Å². The number of hydrogen-bond donors (Lipinski definition) is 3. The maximum atomic E-state index is 12.8. The number of aromatic amines is 1. The predicted molar refractivity (Wildman–Crippen MR) is 80.4 cm³/mol. The van der Waals surface area contributed by atoms with Crippen LogP contribution in [-0.2, 0) is 16.6 Å². The third kappa shape index (κ3) is 3.30. The molecule has 0 radical (unpaired) electrons. The fourth-order valence-electron chi connectivity index (χ4n) is 3.11. The third-order valence-electron chi connectivity index (χ3n) is 4.45. The van der Waals surface area contributed by atoms with Crippen molar-refractivity contribution in [2.24, 2.45) is 0 Å². The highest BCUT2D eigenvalue weighted by Crippen LogP contribution is 2.31. The Balaban J connectivity index is 1.81. The molecule has 21 heavy (non-hydrogen) atoms. The number of sulfonamides is 1. The molecule has 2 saturated carbocycles. The molecule has 1 aromatic heterocycles. The molecule has 0 aliphatic heterocycles. The summed E-state index contributed by atoms with van der Waals surface area (Å²) in [5.74, 6) is 0. The van der Waals surface area contributed by atoms with Gasteiger partial charge in [-0.25, -0.2) is 13.1 Å². The van der Waals surface area contributed by atoms with Gasteiger partial charge < -0.3 is 5.32 Å². The monoisotopic (exact) mass is 312 g/mol. The number of nitrogens with zero attached hydrogens (tertiary/aromatic N) is 1. The number of aryl methyl sites for hydroxylation is 1. The van der Waals surface area contributed by atoms with Crippen LogP contribution in [0, 0.1) is 6.92 Å². The highest BCUT2D eigenvalue weighted by atomic mass is 32.2. The number of rotatable bonds is 6. The van der Waals surface area contributed by atoms with Crippen LogP contribution >= 0.6 is 0 Å². The molecule has 0 amide bonds. The lowest BCUT2D eigenvalue weighted by Crippen LogP contribution is -2.43. The van der Waals surface area contributed by atoms with E-state index >= 15 is 0 Å². The molecule has 0 bridgehead atoms. The second-order valence-electron chi connectivity index (χ2n) is 6.65. The standard InChI is InChI=1S/C14H24N4O2S/c1-10-13(12(17-16-10)9-15-11-5-6-11)21(19,20)18-14(2)7-3-4-8-14/h11,15,18H,3-9H2,1-2H3,(H,16,17). The van der Waals surface area contributed by atoms with E-state index < -0.39 is 10.0 Å². The Bertz CT molecular complexity index is 613. The first-order valence-corrected chi connectivity index (χ1v) is 9.19. The van der Waals surface area contributed by atoms with Crippen LogP contribution in [0.5, 0.6) is 0 Å². The second kappa shape index (κ2) is 5.37. The zero-order valence-electron chi connectivity index (χ0n) is 12.7. The van der Waals surface area contributed by atoms with Crippen molar-refractivity contribution in [2.75, 3.05) is 0 Å². The quantitative estimate of drug-likeness (QED) is 0.744. The van der Waals surface area contributed by atoms with E-state index in [1.54, 1.807) is 6.92 Å². The predicted octanol–water partition coefficient (Wildman–Crippen LogP) is 1.58. The Morgan fingerprint density at radius 2 is 2.00 bits per heavy atom. The number of hydrogen-bond acceptors (Lipinski definition) is 4. The average Bonchev–Trinajstić information content (AvgIpc) is 3.01. The fourth-order valence-corrected chi connectivity index (χ4v) is 4.94. The van der Waals surface area contributed by atoms with Crippen LogP contribution in [0.4, 0.5) is 0 Å². The van der Waals surface area contributed by atoms with Crippen molar-refractivity contribution >= 4 is 10.0 Å². The van der Waals surface area contributed by atoms with Gasteiger partial charge in [0.25, 0.3) is 0 Å². The van der Waals surface area contributed by atoms with E-state index in [2.05, 4.69) is 20.2 Å². The molecule has 3 rings (SSSR count). The van der Waals surface area contributed by atoms with Gasteiger partial charge in [0.05, 0.1) is 11.4 Å². The first-order chi connectivity index (χ1) is 9.90. The van der Waals surface area contributed by atoms with Crippen molar-refractivity contribution in [2.45, 2.75) is 75.4 Å². The van der Waals surface area contributed by atoms with E-state index in [-0.39, 0.29) is 5.54 Å². The average molecular weight is 312 g/mol. The largest absolute Gasteiger partial charge is 0.308 e. The highest BCUT2D eigenvalue weighted by Gasteiger charge is 2.36. The van der Waals surface area contributed by atoms with Crippen LogP contribution < -0.4 is 10.0 Å². The van der Waals surface area contributed by atoms with Crippen LogP contribution in [0.2, 0.25) is 0 Å². The molecule has 0 unspecified atom stereocenters. The minimum absolute atomic E-state index is 0.316. The molecule has 6 nitrogen and oxygen atoms in total. The Labute approximate surface area is 126 Å². The molecule has 0 spiro atoms. The molecule has 118 valence electrons. The molecule has 0 aromatic carbocycles. The van der Waals surface area contributed by atoms with Gasteiger partial charge >= 0.3 is 0 Å². The van der Waals surface area contributed by atoms with Gasteiger partial charge in [-0.1, -0.05) is 12.8 Å². The van der Waals surface area contributed by atoms with Gasteiger partial charge in [0.2, 0.25) is 10.0 Å². The molecule has 3 N–H and O–H groups in total. The summed E-state index contributed by atoms with van der Waals surface area (Å²) in [7, 11) is -3.53. The summed E-state index contributed by atoms with van der Waals surface area (Å²) in [5.41, 5.74) is 0.884. The molecule has 7 heteroatoms. The normalized spacial score (nSPS) is 21.8. The van der Waals surface area contributed by atoms with Crippen molar-refractivity contribution in [3.8, 4) is 0 Å². The van der Waals surface area contributed by atoms with Gasteiger partial charge in [-0.2, -0.15) is 5.10 Å². The molecule has 2 aliphatic carbocycles. The summed E-state index contributed by atoms with van der Waals surface area (Å²) in [4.78, 5) is 0.323. The van der Waals surface area contributed by atoms with Crippen molar-refractivity contribution in [3.05, 3.63) is 11.4 Å². The maximum Gasteiger partial charge on any atom is 0.244 e. The molecule has 0 atom stereocenters. The zero-order chi connectivity index (χ0) is 15.1. The van der Waals surface area contributed by atoms with Crippen LogP contribution in [0.1, 0.15) is 56.8 Å². The van der Waals surface area contributed by atoms with Gasteiger partial charge in [-0.3, -0.25) is 5.10 Å². The summed E-state index contributed by atoms with van der Waals surface area (Å²) in [6.45, 7) is 4.26. The van der Waals surface area contributed by atoms with Gasteiger partial charge in [0, 0.05) is 18.1 Å². The first-order valence-electron chi connectivity index (χ1n) is 7.71. The molecule has 1 aromatic rings. The van der Waals surface area contributed by atoms with E-state index in [0.717, 1.165) is 25.7 Å². The van der Waals surface area contributed by atoms with Gasteiger partial charge in [0.15, 0.2) is 0 Å². The smallest absolute Gasteiger partial charge is 0.244 e. The van der Waals surface area contributed by atoms with Crippen LogP contribution in [0.25, 0.3) is 0 Å². The minimum Gasteiger partial charge on any atom is -0.308 e. The topological polar surface area (TPSA) is 86.9 Å². The van der Waals surface area contributed by atoms with Crippen molar-refractivity contribution in [1.29, 1.82) is 0 Å². The van der Waals surface area contributed by atoms with E-state index in [1.807, 2.05) is 6.92 Å². The minimum atomic E-state index is -3.53. The fraction of sp³-hybridized carbons (Fsp3) is 0.786. The van der Waals surface area contributed by atoms with Gasteiger partial charge in [-0.15, -0.1) is 0 Å². The number of H-pyrrole nitrogens is 1.